The van der Waals surface area contributed by atoms with Crippen LogP contribution < -0.4 is 0 Å². The van der Waals surface area contributed by atoms with Crippen molar-refractivity contribution in [3.05, 3.63) is 48.0 Å². The number of piperidine rings is 1. The summed E-state index contributed by atoms with van der Waals surface area (Å²) < 4.78 is 22.5. The molecule has 1 aromatic carbocycles. The summed E-state index contributed by atoms with van der Waals surface area (Å²) in [5, 5.41) is 0. The minimum atomic E-state index is -0.739. The molecule has 1 spiro atoms. The van der Waals surface area contributed by atoms with E-state index in [1.807, 2.05) is 37.3 Å². The van der Waals surface area contributed by atoms with Gasteiger partial charge >= 0.3 is 12.1 Å². The lowest BCUT2D eigenvalue weighted by Crippen LogP contribution is -2.59. The molecule has 2 aliphatic rings. The van der Waals surface area contributed by atoms with Gasteiger partial charge in [0.25, 0.3) is 0 Å². The first-order chi connectivity index (χ1) is 14.0. The van der Waals surface area contributed by atoms with Gasteiger partial charge in [0.2, 0.25) is 0 Å². The molecule has 0 aromatic heterocycles. The molecule has 0 N–H and O–H groups in total. The highest BCUT2D eigenvalue weighted by atomic mass is 16.7. The van der Waals surface area contributed by atoms with E-state index in [4.69, 9.17) is 18.9 Å². The van der Waals surface area contributed by atoms with Gasteiger partial charge in [0.05, 0.1) is 25.9 Å². The summed E-state index contributed by atoms with van der Waals surface area (Å²) in [6.45, 7) is 5.43. The Hall–Kier alpha value is -2.38. The molecule has 158 valence electrons. The van der Waals surface area contributed by atoms with Crippen LogP contribution >= 0.6 is 0 Å². The van der Waals surface area contributed by atoms with E-state index >= 15 is 0 Å². The Morgan fingerprint density at radius 2 is 1.90 bits per heavy atom. The number of likely N-dealkylation sites (tertiary alicyclic amines) is 1. The van der Waals surface area contributed by atoms with E-state index in [-0.39, 0.29) is 12.6 Å². The molecule has 2 aliphatic heterocycles. The van der Waals surface area contributed by atoms with Gasteiger partial charge in [-0.2, -0.15) is 0 Å². The fourth-order valence-electron chi connectivity index (χ4n) is 3.88. The van der Waals surface area contributed by atoms with Crippen molar-refractivity contribution < 1.29 is 28.5 Å². The SMILES string of the molecule is CCOC(=O)/C=C/[C@H]1CC2(C[C@@H](C)N1C(=O)OCc1ccccc1)OCCCO2. The number of ether oxygens (including phenoxy) is 4. The zero-order chi connectivity index (χ0) is 20.7. The van der Waals surface area contributed by atoms with Gasteiger partial charge in [0.1, 0.15) is 6.61 Å². The molecular formula is C22H29NO6. The van der Waals surface area contributed by atoms with Crippen LogP contribution in [0.2, 0.25) is 0 Å². The number of hydrogen-bond acceptors (Lipinski definition) is 6. The Morgan fingerprint density at radius 1 is 1.17 bits per heavy atom. The second-order valence-corrected chi connectivity index (χ2v) is 7.34. The summed E-state index contributed by atoms with van der Waals surface area (Å²) in [4.78, 5) is 26.4. The Balaban J connectivity index is 1.74. The lowest BCUT2D eigenvalue weighted by Gasteiger charge is -2.49. The molecule has 0 unspecified atom stereocenters. The molecule has 29 heavy (non-hydrogen) atoms. The van der Waals surface area contributed by atoms with Crippen LogP contribution in [0.1, 0.15) is 38.7 Å². The molecular weight excluding hydrogens is 374 g/mol. The predicted molar refractivity (Wildman–Crippen MR) is 106 cm³/mol. The van der Waals surface area contributed by atoms with E-state index in [1.54, 1.807) is 17.9 Å². The summed E-state index contributed by atoms with van der Waals surface area (Å²) in [5.74, 6) is -1.18. The highest BCUT2D eigenvalue weighted by Crippen LogP contribution is 2.38. The number of esters is 1. The standard InChI is InChI=1S/C22H29NO6/c1-3-26-20(24)11-10-19-15-22(28-12-7-13-29-22)14-17(2)23(19)21(25)27-16-18-8-5-4-6-9-18/h4-6,8-11,17,19H,3,7,12-16H2,1-2H3/b11-10+/t17-,19+/m1/s1. The van der Waals surface area contributed by atoms with Crippen LogP contribution in [-0.4, -0.2) is 54.7 Å². The minimum Gasteiger partial charge on any atom is -0.463 e. The molecule has 2 heterocycles. The van der Waals surface area contributed by atoms with Gasteiger partial charge in [0.15, 0.2) is 5.79 Å². The first-order valence-electron chi connectivity index (χ1n) is 10.1. The van der Waals surface area contributed by atoms with Crippen LogP contribution in [0.3, 0.4) is 0 Å². The second-order valence-electron chi connectivity index (χ2n) is 7.34. The summed E-state index contributed by atoms with van der Waals surface area (Å²) in [7, 11) is 0. The highest BCUT2D eigenvalue weighted by Gasteiger charge is 2.47. The quantitative estimate of drug-likeness (QED) is 0.554. The van der Waals surface area contributed by atoms with Crippen molar-refractivity contribution in [2.45, 2.75) is 57.6 Å². The maximum Gasteiger partial charge on any atom is 0.410 e. The summed E-state index contributed by atoms with van der Waals surface area (Å²) in [6.07, 6.45) is 4.46. The fraction of sp³-hybridized carbons (Fsp3) is 0.545. The third-order valence-corrected chi connectivity index (χ3v) is 5.13. The topological polar surface area (TPSA) is 74.3 Å². The molecule has 0 saturated carbocycles. The number of hydrogen-bond donors (Lipinski definition) is 0. The molecule has 7 heteroatoms. The van der Waals surface area contributed by atoms with E-state index in [0.29, 0.717) is 32.7 Å². The average molecular weight is 403 g/mol. The van der Waals surface area contributed by atoms with Crippen LogP contribution in [0.4, 0.5) is 4.79 Å². The van der Waals surface area contributed by atoms with Crippen LogP contribution in [-0.2, 0) is 30.3 Å². The van der Waals surface area contributed by atoms with Crippen molar-refractivity contribution in [3.8, 4) is 0 Å². The molecule has 2 saturated heterocycles. The summed E-state index contributed by atoms with van der Waals surface area (Å²) in [6, 6.07) is 8.95. The van der Waals surface area contributed by atoms with Crippen LogP contribution in [0.15, 0.2) is 42.5 Å². The zero-order valence-corrected chi connectivity index (χ0v) is 17.0. The number of rotatable bonds is 5. The largest absolute Gasteiger partial charge is 0.463 e. The van der Waals surface area contributed by atoms with Gasteiger partial charge in [-0.05, 0) is 25.8 Å². The lowest BCUT2D eigenvalue weighted by atomic mass is 9.90. The van der Waals surface area contributed by atoms with Crippen molar-refractivity contribution in [1.82, 2.24) is 4.90 Å². The molecule has 3 rings (SSSR count). The normalized spacial score (nSPS) is 23.9. The summed E-state index contributed by atoms with van der Waals surface area (Å²) in [5.41, 5.74) is 0.916. The molecule has 0 aliphatic carbocycles. The van der Waals surface area contributed by atoms with Gasteiger partial charge in [-0.25, -0.2) is 9.59 Å². The maximum absolute atomic E-state index is 12.9. The van der Waals surface area contributed by atoms with Crippen molar-refractivity contribution in [1.29, 1.82) is 0 Å². The van der Waals surface area contributed by atoms with Crippen molar-refractivity contribution in [2.75, 3.05) is 19.8 Å². The van der Waals surface area contributed by atoms with Crippen molar-refractivity contribution in [3.63, 3.8) is 0 Å². The first-order valence-corrected chi connectivity index (χ1v) is 10.1. The molecule has 7 nitrogen and oxygen atoms in total. The zero-order valence-electron chi connectivity index (χ0n) is 17.0. The van der Waals surface area contributed by atoms with E-state index in [0.717, 1.165) is 12.0 Å². The maximum atomic E-state index is 12.9. The second kappa shape index (κ2) is 9.89. The van der Waals surface area contributed by atoms with Crippen molar-refractivity contribution in [2.24, 2.45) is 0 Å². The number of benzene rings is 1. The average Bonchev–Trinajstić information content (AvgIpc) is 2.72. The monoisotopic (exact) mass is 403 g/mol. The number of carbonyl (C=O) groups is 2. The van der Waals surface area contributed by atoms with Gasteiger partial charge in [-0.3, -0.25) is 4.90 Å². The highest BCUT2D eigenvalue weighted by molar-refractivity contribution is 5.82. The molecule has 1 amide bonds. The van der Waals surface area contributed by atoms with Crippen LogP contribution in [0.5, 0.6) is 0 Å². The Kier molecular flexibility index (Phi) is 7.28. The molecule has 1 aromatic rings. The van der Waals surface area contributed by atoms with Gasteiger partial charge < -0.3 is 18.9 Å². The smallest absolute Gasteiger partial charge is 0.410 e. The first kappa shape index (κ1) is 21.3. The van der Waals surface area contributed by atoms with E-state index < -0.39 is 23.9 Å². The number of amides is 1. The molecule has 2 atom stereocenters. The van der Waals surface area contributed by atoms with Crippen LogP contribution in [0.25, 0.3) is 0 Å². The Morgan fingerprint density at radius 3 is 2.59 bits per heavy atom. The Labute approximate surface area is 171 Å². The summed E-state index contributed by atoms with van der Waals surface area (Å²) >= 11 is 0. The minimum absolute atomic E-state index is 0.179. The van der Waals surface area contributed by atoms with Crippen molar-refractivity contribution >= 4 is 12.1 Å². The molecule has 2 fully saturated rings. The fourth-order valence-corrected chi connectivity index (χ4v) is 3.88. The van der Waals surface area contributed by atoms with Gasteiger partial charge in [0, 0.05) is 25.0 Å². The molecule has 0 radical (unpaired) electrons. The van der Waals surface area contributed by atoms with Gasteiger partial charge in [-0.15, -0.1) is 0 Å². The van der Waals surface area contributed by atoms with E-state index in [2.05, 4.69) is 0 Å². The van der Waals surface area contributed by atoms with Gasteiger partial charge in [-0.1, -0.05) is 36.4 Å². The van der Waals surface area contributed by atoms with E-state index in [1.165, 1.54) is 6.08 Å². The number of carbonyl (C=O) groups excluding carboxylic acids is 2. The predicted octanol–water partition coefficient (Wildman–Crippen LogP) is 3.43. The third-order valence-electron chi connectivity index (χ3n) is 5.13. The van der Waals surface area contributed by atoms with Crippen LogP contribution in [0, 0.1) is 0 Å². The lowest BCUT2D eigenvalue weighted by molar-refractivity contribution is -0.292. The third kappa shape index (κ3) is 5.58. The Bertz CT molecular complexity index is 713. The molecule has 0 bridgehead atoms. The van der Waals surface area contributed by atoms with E-state index in [9.17, 15) is 9.59 Å². The number of nitrogens with zero attached hydrogens (tertiary/aromatic N) is 1.